The van der Waals surface area contributed by atoms with Crippen molar-refractivity contribution < 1.29 is 4.79 Å². The van der Waals surface area contributed by atoms with Crippen LogP contribution in [-0.2, 0) is 16.6 Å². The molecule has 2 aliphatic rings. The van der Waals surface area contributed by atoms with Crippen LogP contribution < -0.4 is 10.6 Å². The summed E-state index contributed by atoms with van der Waals surface area (Å²) in [5.74, 6) is 0.188. The van der Waals surface area contributed by atoms with Crippen molar-refractivity contribution in [3.05, 3.63) is 29.3 Å². The molecule has 2 N–H and O–H groups in total. The first-order valence-electron chi connectivity index (χ1n) is 6.92. The fourth-order valence-electron chi connectivity index (χ4n) is 3.31. The fraction of sp³-hybridized carbons (Fsp3) is 0.533. The van der Waals surface area contributed by atoms with E-state index in [1.54, 1.807) is 0 Å². The van der Waals surface area contributed by atoms with Crippen LogP contribution in [0.5, 0.6) is 0 Å². The van der Waals surface area contributed by atoms with E-state index < -0.39 is 0 Å². The zero-order chi connectivity index (χ0) is 12.6. The lowest BCUT2D eigenvalue weighted by atomic mass is 9.75. The number of nitrogens with one attached hydrogen (secondary N) is 2. The standard InChI is InChI=1S/C15H20N2O/c1-2-5-11-6-3-7-12-13(11)17-14(18)15(12)8-4-9-16-10-15/h3,6-7,16H,2,4-5,8-10H2,1H3,(H,17,18). The van der Waals surface area contributed by atoms with Crippen molar-refractivity contribution in [1.82, 2.24) is 5.32 Å². The Balaban J connectivity index is 2.07. The maximum absolute atomic E-state index is 12.4. The van der Waals surface area contributed by atoms with Crippen molar-refractivity contribution in [3.63, 3.8) is 0 Å². The van der Waals surface area contributed by atoms with Gasteiger partial charge in [0.2, 0.25) is 5.91 Å². The van der Waals surface area contributed by atoms with Gasteiger partial charge in [-0.15, -0.1) is 0 Å². The summed E-state index contributed by atoms with van der Waals surface area (Å²) in [6, 6.07) is 6.36. The average molecular weight is 244 g/mol. The van der Waals surface area contributed by atoms with Gasteiger partial charge in [-0.2, -0.15) is 0 Å². The molecule has 1 aromatic rings. The minimum atomic E-state index is -0.308. The zero-order valence-electron chi connectivity index (χ0n) is 10.9. The minimum Gasteiger partial charge on any atom is -0.325 e. The van der Waals surface area contributed by atoms with E-state index >= 15 is 0 Å². The molecule has 0 aliphatic carbocycles. The van der Waals surface area contributed by atoms with Crippen LogP contribution >= 0.6 is 0 Å². The molecule has 1 atom stereocenters. The van der Waals surface area contributed by atoms with Gasteiger partial charge in [0.05, 0.1) is 5.41 Å². The number of anilines is 1. The van der Waals surface area contributed by atoms with Crippen LogP contribution in [-0.4, -0.2) is 19.0 Å². The number of carbonyl (C=O) groups is 1. The molecule has 96 valence electrons. The second-order valence-electron chi connectivity index (χ2n) is 5.41. The number of rotatable bonds is 2. The Kier molecular flexibility index (Phi) is 2.86. The van der Waals surface area contributed by atoms with E-state index in [9.17, 15) is 4.79 Å². The molecule has 3 heteroatoms. The Morgan fingerprint density at radius 2 is 2.28 bits per heavy atom. The summed E-state index contributed by atoms with van der Waals surface area (Å²) in [5, 5.41) is 6.51. The molecule has 1 fully saturated rings. The Morgan fingerprint density at radius 3 is 3.00 bits per heavy atom. The summed E-state index contributed by atoms with van der Waals surface area (Å²) in [5.41, 5.74) is 3.28. The SMILES string of the molecule is CCCc1cccc2c1NC(=O)C21CCCNC1. The molecule has 1 unspecified atom stereocenters. The first-order valence-corrected chi connectivity index (χ1v) is 6.92. The molecule has 1 saturated heterocycles. The molecule has 1 aromatic carbocycles. The van der Waals surface area contributed by atoms with Gasteiger partial charge < -0.3 is 10.6 Å². The van der Waals surface area contributed by atoms with Crippen molar-refractivity contribution in [3.8, 4) is 0 Å². The summed E-state index contributed by atoms with van der Waals surface area (Å²) >= 11 is 0. The lowest BCUT2D eigenvalue weighted by Gasteiger charge is -2.32. The predicted octanol–water partition coefficient (Wildman–Crippen LogP) is 2.21. The number of aryl methyl sites for hydroxylation is 1. The summed E-state index contributed by atoms with van der Waals surface area (Å²) in [7, 11) is 0. The number of hydrogen-bond donors (Lipinski definition) is 2. The van der Waals surface area contributed by atoms with Gasteiger partial charge in [-0.3, -0.25) is 4.79 Å². The van der Waals surface area contributed by atoms with Crippen LogP contribution in [0.3, 0.4) is 0 Å². The number of hydrogen-bond acceptors (Lipinski definition) is 2. The van der Waals surface area contributed by atoms with E-state index in [2.05, 4.69) is 35.8 Å². The third kappa shape index (κ3) is 1.57. The normalized spacial score (nSPS) is 26.2. The second-order valence-corrected chi connectivity index (χ2v) is 5.41. The van der Waals surface area contributed by atoms with Crippen molar-refractivity contribution in [2.75, 3.05) is 18.4 Å². The minimum absolute atomic E-state index is 0.188. The van der Waals surface area contributed by atoms with E-state index in [1.807, 2.05) is 0 Å². The van der Waals surface area contributed by atoms with Gasteiger partial charge in [-0.25, -0.2) is 0 Å². The maximum Gasteiger partial charge on any atom is 0.236 e. The molecule has 1 amide bonds. The monoisotopic (exact) mass is 244 g/mol. The van der Waals surface area contributed by atoms with Crippen LogP contribution in [0.15, 0.2) is 18.2 Å². The Labute approximate surface area is 108 Å². The molecule has 3 nitrogen and oxygen atoms in total. The summed E-state index contributed by atoms with van der Waals surface area (Å²) in [6.07, 6.45) is 4.18. The zero-order valence-corrected chi connectivity index (χ0v) is 10.9. The molecule has 2 heterocycles. The maximum atomic E-state index is 12.4. The third-order valence-corrected chi connectivity index (χ3v) is 4.24. The van der Waals surface area contributed by atoms with Gasteiger partial charge in [-0.1, -0.05) is 31.5 Å². The van der Waals surface area contributed by atoms with Crippen LogP contribution in [0, 0.1) is 0 Å². The van der Waals surface area contributed by atoms with Gasteiger partial charge in [0.25, 0.3) is 0 Å². The second kappa shape index (κ2) is 4.39. The highest BCUT2D eigenvalue weighted by atomic mass is 16.2. The number of para-hydroxylation sites is 1. The molecule has 0 radical (unpaired) electrons. The first kappa shape index (κ1) is 11.7. The van der Waals surface area contributed by atoms with E-state index in [-0.39, 0.29) is 11.3 Å². The Bertz CT molecular complexity index is 475. The highest BCUT2D eigenvalue weighted by molar-refractivity contribution is 6.07. The molecule has 18 heavy (non-hydrogen) atoms. The van der Waals surface area contributed by atoms with Gasteiger partial charge in [-0.05, 0) is 36.9 Å². The van der Waals surface area contributed by atoms with Crippen LogP contribution in [0.1, 0.15) is 37.3 Å². The number of fused-ring (bicyclic) bond motifs is 2. The fourth-order valence-corrected chi connectivity index (χ4v) is 3.31. The quantitative estimate of drug-likeness (QED) is 0.837. The number of piperidine rings is 1. The molecular weight excluding hydrogens is 224 g/mol. The van der Waals surface area contributed by atoms with E-state index in [1.165, 1.54) is 11.1 Å². The van der Waals surface area contributed by atoms with Crippen LogP contribution in [0.2, 0.25) is 0 Å². The molecule has 3 rings (SSSR count). The molecule has 2 aliphatic heterocycles. The van der Waals surface area contributed by atoms with Crippen molar-refractivity contribution in [2.24, 2.45) is 0 Å². The molecule has 0 aromatic heterocycles. The molecular formula is C15H20N2O. The highest BCUT2D eigenvalue weighted by Gasteiger charge is 2.47. The summed E-state index contributed by atoms with van der Waals surface area (Å²) in [6.45, 7) is 3.98. The number of carbonyl (C=O) groups excluding carboxylic acids is 1. The number of amides is 1. The lowest BCUT2D eigenvalue weighted by molar-refractivity contribution is -0.121. The van der Waals surface area contributed by atoms with Gasteiger partial charge in [0.15, 0.2) is 0 Å². The summed E-state index contributed by atoms with van der Waals surface area (Å²) < 4.78 is 0. The average Bonchev–Trinajstić information content (AvgIpc) is 2.66. The van der Waals surface area contributed by atoms with Gasteiger partial charge in [0, 0.05) is 12.2 Å². The molecule has 1 spiro atoms. The first-order chi connectivity index (χ1) is 8.78. The third-order valence-electron chi connectivity index (χ3n) is 4.24. The predicted molar refractivity (Wildman–Crippen MR) is 72.8 cm³/mol. The van der Waals surface area contributed by atoms with Crippen LogP contribution in [0.4, 0.5) is 5.69 Å². The van der Waals surface area contributed by atoms with Crippen molar-refractivity contribution in [1.29, 1.82) is 0 Å². The Hall–Kier alpha value is -1.35. The van der Waals surface area contributed by atoms with Crippen molar-refractivity contribution in [2.45, 2.75) is 38.0 Å². The van der Waals surface area contributed by atoms with E-state index in [4.69, 9.17) is 0 Å². The number of benzene rings is 1. The molecule has 0 bridgehead atoms. The molecule has 0 saturated carbocycles. The topological polar surface area (TPSA) is 41.1 Å². The summed E-state index contributed by atoms with van der Waals surface area (Å²) in [4.78, 5) is 12.4. The van der Waals surface area contributed by atoms with E-state index in [0.717, 1.165) is 44.5 Å². The lowest BCUT2D eigenvalue weighted by Crippen LogP contribution is -2.47. The van der Waals surface area contributed by atoms with Crippen molar-refractivity contribution >= 4 is 11.6 Å². The van der Waals surface area contributed by atoms with Gasteiger partial charge in [0.1, 0.15) is 0 Å². The van der Waals surface area contributed by atoms with Gasteiger partial charge >= 0.3 is 0 Å². The largest absolute Gasteiger partial charge is 0.325 e. The van der Waals surface area contributed by atoms with Crippen LogP contribution in [0.25, 0.3) is 0 Å². The Morgan fingerprint density at radius 1 is 1.39 bits per heavy atom. The van der Waals surface area contributed by atoms with E-state index in [0.29, 0.717) is 0 Å². The highest BCUT2D eigenvalue weighted by Crippen LogP contribution is 2.43. The smallest absolute Gasteiger partial charge is 0.236 e.